The van der Waals surface area contributed by atoms with Crippen LogP contribution < -0.4 is 0 Å². The van der Waals surface area contributed by atoms with Crippen LogP contribution in [0.5, 0.6) is 0 Å². The van der Waals surface area contributed by atoms with Crippen molar-refractivity contribution in [2.75, 3.05) is 13.1 Å². The third-order valence-corrected chi connectivity index (χ3v) is 3.77. The van der Waals surface area contributed by atoms with Gasteiger partial charge < -0.3 is 31.9 Å². The molecule has 0 bridgehead atoms. The zero-order valence-electron chi connectivity index (χ0n) is 21.0. The maximum absolute atomic E-state index is 10.7. The minimum absolute atomic E-state index is 0.611. The van der Waals surface area contributed by atoms with Crippen molar-refractivity contribution in [3.05, 3.63) is 34.2 Å². The number of aromatic carboxylic acids is 4. The number of hydrogen-bond donors (Lipinski definition) is 6. The van der Waals surface area contributed by atoms with Gasteiger partial charge in [0.05, 0.1) is 0 Å². The molecule has 0 saturated heterocycles. The monoisotopic (exact) mass is 624 g/mol. The molecule has 0 saturated carbocycles. The van der Waals surface area contributed by atoms with Crippen molar-refractivity contribution >= 4 is 23.9 Å². The first-order valence-electron chi connectivity index (χ1n) is 11.0. The standard InChI is InChI=1S/C8H4N2O8.2C6H14N.2H2O.2O.2V/c11-5(12)1-2(6(13)14)10-4(8(17)18)3(9-1)7(15)16;2*1-2-3-4-5-6-7;;;;;;/h(H,11,12)(H,13,14)(H,15,16)(H,17,18);2*7H,2-6H2,1H3;2*1H2;;;;/q;2*-1;;;;;2*+1/p-2. The summed E-state index contributed by atoms with van der Waals surface area (Å²) in [7, 11) is 0. The van der Waals surface area contributed by atoms with Gasteiger partial charge in [-0.05, 0) is 0 Å². The van der Waals surface area contributed by atoms with Gasteiger partial charge in [0.15, 0.2) is 22.8 Å². The van der Waals surface area contributed by atoms with E-state index < -0.39 is 79.8 Å². The molecule has 1 heterocycles. The number of carboxylic acids is 4. The Morgan fingerprint density at radius 1 is 0.579 bits per heavy atom. The topological polar surface area (TPSA) is 297 Å². The molecule has 1 rings (SSSR count). The number of carboxylic acid groups (broad SMARTS) is 4. The van der Waals surface area contributed by atoms with Crippen molar-refractivity contribution in [3.8, 4) is 0 Å². The van der Waals surface area contributed by atoms with Crippen LogP contribution in [0.15, 0.2) is 0 Å². The number of nitrogens with zero attached hydrogens (tertiary/aromatic N) is 2. The first kappa shape index (κ1) is 42.7. The van der Waals surface area contributed by atoms with Gasteiger partial charge in [0.1, 0.15) is 0 Å². The van der Waals surface area contributed by atoms with Gasteiger partial charge in [-0.3, -0.25) is 0 Å². The first-order valence-corrected chi connectivity index (χ1v) is 13.4. The van der Waals surface area contributed by atoms with Gasteiger partial charge in [0.25, 0.3) is 0 Å². The molecule has 0 fully saturated rings. The SMILES string of the molecule is CCCCCC[NH-].CCCCCC[NH-].O=C(O)c1nc(C(=O)O)c(C(=O)O)nc1C(=O)O.[O]=[V][OH].[O]=[V][OH]. The molecule has 1 aromatic heterocycles. The van der Waals surface area contributed by atoms with Gasteiger partial charge in [-0.2, -0.15) is 13.1 Å². The fourth-order valence-electron chi connectivity index (χ4n) is 2.14. The van der Waals surface area contributed by atoms with Crippen LogP contribution in [0.25, 0.3) is 11.5 Å². The summed E-state index contributed by atoms with van der Waals surface area (Å²) in [6.07, 6.45) is 9.85. The molecule has 0 aliphatic heterocycles. The summed E-state index contributed by atoms with van der Waals surface area (Å²) in [6, 6.07) is 0. The van der Waals surface area contributed by atoms with Gasteiger partial charge >= 0.3 is 72.5 Å². The van der Waals surface area contributed by atoms with Crippen LogP contribution in [0, 0.1) is 0 Å². The molecular formula is C20H34N4O12V2-2. The van der Waals surface area contributed by atoms with Crippen molar-refractivity contribution in [2.45, 2.75) is 65.2 Å². The average molecular weight is 624 g/mol. The molecule has 18 heteroatoms. The summed E-state index contributed by atoms with van der Waals surface area (Å²) in [5.74, 6) is -7.34. The van der Waals surface area contributed by atoms with Crippen molar-refractivity contribution in [1.82, 2.24) is 9.97 Å². The number of aromatic nitrogens is 2. The predicted molar refractivity (Wildman–Crippen MR) is 122 cm³/mol. The number of rotatable bonds is 12. The third-order valence-electron chi connectivity index (χ3n) is 3.77. The fourth-order valence-corrected chi connectivity index (χ4v) is 2.14. The van der Waals surface area contributed by atoms with E-state index in [2.05, 4.69) is 23.8 Å². The molecule has 0 spiro atoms. The van der Waals surface area contributed by atoms with Gasteiger partial charge in [-0.25, -0.2) is 29.1 Å². The van der Waals surface area contributed by atoms with E-state index in [1.807, 2.05) is 0 Å². The van der Waals surface area contributed by atoms with E-state index in [0.717, 1.165) is 12.8 Å². The van der Waals surface area contributed by atoms with Crippen LogP contribution in [0.4, 0.5) is 0 Å². The van der Waals surface area contributed by atoms with Gasteiger partial charge in [0.2, 0.25) is 0 Å². The molecule has 218 valence electrons. The summed E-state index contributed by atoms with van der Waals surface area (Å²) < 4.78 is 31.4. The van der Waals surface area contributed by atoms with Crippen molar-refractivity contribution in [1.29, 1.82) is 0 Å². The van der Waals surface area contributed by atoms with Gasteiger partial charge in [-0.1, -0.05) is 65.2 Å². The van der Waals surface area contributed by atoms with Gasteiger partial charge in [0, 0.05) is 0 Å². The molecule has 38 heavy (non-hydrogen) atoms. The van der Waals surface area contributed by atoms with E-state index in [1.165, 1.54) is 38.5 Å². The molecule has 0 amide bonds. The Hall–Kier alpha value is -2.43. The Balaban J connectivity index is -0.000000238. The summed E-state index contributed by atoms with van der Waals surface area (Å²) in [5, 5.41) is 34.6. The second kappa shape index (κ2) is 30.8. The zero-order chi connectivity index (χ0) is 30.5. The van der Waals surface area contributed by atoms with Crippen LogP contribution in [0.1, 0.15) is 107 Å². The Morgan fingerprint density at radius 2 is 0.789 bits per heavy atom. The Kier molecular flexibility index (Phi) is 34.6. The zero-order valence-corrected chi connectivity index (χ0v) is 23.8. The molecule has 0 aromatic carbocycles. The molecule has 1 aromatic rings. The van der Waals surface area contributed by atoms with Crippen LogP contribution in [0.3, 0.4) is 0 Å². The number of nitrogens with one attached hydrogen (secondary N) is 2. The van der Waals surface area contributed by atoms with Crippen LogP contribution >= 0.6 is 0 Å². The number of carbonyl (C=O) groups is 4. The van der Waals surface area contributed by atoms with E-state index in [1.54, 1.807) is 0 Å². The van der Waals surface area contributed by atoms with E-state index >= 15 is 0 Å². The Labute approximate surface area is 234 Å². The Bertz CT molecular complexity index is 722. The quantitative estimate of drug-likeness (QED) is 0.182. The van der Waals surface area contributed by atoms with Crippen LogP contribution in [0.2, 0.25) is 0 Å². The predicted octanol–water partition coefficient (Wildman–Crippen LogP) is 3.15. The average Bonchev–Trinajstić information content (AvgIpc) is 2.85. The van der Waals surface area contributed by atoms with Crippen molar-refractivity contribution in [2.24, 2.45) is 0 Å². The summed E-state index contributed by atoms with van der Waals surface area (Å²) >= 11 is -3.12. The first-order chi connectivity index (χ1) is 17.9. The number of hydrogen-bond acceptors (Lipinski definition) is 8. The van der Waals surface area contributed by atoms with Crippen molar-refractivity contribution < 1.29 is 88.2 Å². The van der Waals surface area contributed by atoms with Crippen LogP contribution in [-0.4, -0.2) is 75.4 Å². The summed E-state index contributed by atoms with van der Waals surface area (Å²) in [5.41, 5.74) is 8.97. The fraction of sp³-hybridized carbons (Fsp3) is 0.600. The molecule has 8 N–H and O–H groups in total. The molecule has 0 unspecified atom stereocenters. The summed E-state index contributed by atoms with van der Waals surface area (Å²) in [6.45, 7) is 5.59. The second-order valence-electron chi connectivity index (χ2n) is 6.62. The van der Waals surface area contributed by atoms with Crippen molar-refractivity contribution in [3.63, 3.8) is 0 Å². The molecule has 0 atom stereocenters. The van der Waals surface area contributed by atoms with E-state index in [-0.39, 0.29) is 0 Å². The molecular weight excluding hydrogens is 590 g/mol. The minimum atomic E-state index is -1.83. The second-order valence-corrected chi connectivity index (χ2v) is 7.13. The molecule has 16 nitrogen and oxygen atoms in total. The maximum atomic E-state index is 10.7. The third kappa shape index (κ3) is 25.2. The van der Waals surface area contributed by atoms with Crippen LogP contribution in [-0.2, 0) is 40.5 Å². The normalized spacial score (nSPS) is 8.79. The van der Waals surface area contributed by atoms with Gasteiger partial charge in [-0.15, -0.1) is 0 Å². The number of unbranched alkanes of at least 4 members (excludes halogenated alkanes) is 6. The summed E-state index contributed by atoms with van der Waals surface area (Å²) in [4.78, 5) is 48.7. The molecule has 0 aliphatic carbocycles. The molecule has 0 aliphatic rings. The van der Waals surface area contributed by atoms with E-state index in [4.69, 9.17) is 47.3 Å². The van der Waals surface area contributed by atoms with E-state index in [0.29, 0.717) is 13.1 Å². The molecule has 0 radical (unpaired) electrons. The Morgan fingerprint density at radius 3 is 0.921 bits per heavy atom. The van der Waals surface area contributed by atoms with E-state index in [9.17, 15) is 19.2 Å².